The number of rotatable bonds is 18. The van der Waals surface area contributed by atoms with E-state index in [1.807, 2.05) is 6.26 Å². The van der Waals surface area contributed by atoms with Crippen molar-refractivity contribution in [2.45, 2.75) is 62.7 Å². The number of nitrogens with one attached hydrogen (secondary N) is 3. The fourth-order valence-electron chi connectivity index (χ4n) is 2.77. The minimum atomic E-state index is -1.60. The summed E-state index contributed by atoms with van der Waals surface area (Å²) in [5.74, 6) is -5.17. The van der Waals surface area contributed by atoms with Crippen molar-refractivity contribution in [3.63, 3.8) is 0 Å². The van der Waals surface area contributed by atoms with E-state index in [0.717, 1.165) is 0 Å². The van der Waals surface area contributed by atoms with Gasteiger partial charge in [0.15, 0.2) is 0 Å². The van der Waals surface area contributed by atoms with E-state index in [0.29, 0.717) is 31.6 Å². The Morgan fingerprint density at radius 3 is 1.79 bits per heavy atom. The molecule has 14 nitrogen and oxygen atoms in total. The predicted octanol–water partition coefficient (Wildman–Crippen LogP) is -3.51. The van der Waals surface area contributed by atoms with Crippen LogP contribution < -0.4 is 38.9 Å². The maximum absolute atomic E-state index is 12.8. The summed E-state index contributed by atoms with van der Waals surface area (Å²) in [6.07, 6.45) is 1.94. The van der Waals surface area contributed by atoms with Crippen LogP contribution in [0.5, 0.6) is 0 Å². The second-order valence-corrected chi connectivity index (χ2v) is 8.52. The number of hydrogen-bond donors (Lipinski definition) is 8. The first-order valence-electron chi connectivity index (χ1n) is 10.6. The van der Waals surface area contributed by atoms with E-state index in [-0.39, 0.29) is 6.42 Å². The summed E-state index contributed by atoms with van der Waals surface area (Å²) in [6, 6.07) is -5.18. The monoisotopic (exact) mass is 505 g/mol. The molecule has 0 radical (unpaired) electrons. The van der Waals surface area contributed by atoms with E-state index >= 15 is 0 Å². The van der Waals surface area contributed by atoms with E-state index in [1.54, 1.807) is 0 Å². The third-order valence-corrected chi connectivity index (χ3v) is 5.25. The Balaban J connectivity index is 5.51. The molecule has 4 unspecified atom stereocenters. The molecule has 0 spiro atoms. The first-order valence-corrected chi connectivity index (χ1v) is 12.0. The van der Waals surface area contributed by atoms with Crippen molar-refractivity contribution in [3.05, 3.63) is 0 Å². The standard InChI is InChI=1S/C19H35N7O7S/c1-34-7-5-10(21)16(29)25-12(8-14(22)27)18(31)24-11(4-2-3-6-20)17(30)26-13(19(32)33)9-15(23)28/h10-13H,2-9,20-21H2,1H3,(H2,22,27)(H2,23,28)(H,24,31)(H,25,29)(H,26,30)(H,32,33). The average Bonchev–Trinajstić information content (AvgIpc) is 2.74. The van der Waals surface area contributed by atoms with Crippen LogP contribution in [0, 0.1) is 0 Å². The molecule has 0 aromatic rings. The van der Waals surface area contributed by atoms with Gasteiger partial charge in [0.1, 0.15) is 18.1 Å². The fraction of sp³-hybridized carbons (Fsp3) is 0.684. The molecule has 0 rings (SSSR count). The minimum Gasteiger partial charge on any atom is -0.480 e. The lowest BCUT2D eigenvalue weighted by Crippen LogP contribution is -2.58. The molecule has 12 N–H and O–H groups in total. The van der Waals surface area contributed by atoms with Crippen LogP contribution >= 0.6 is 11.8 Å². The third-order valence-electron chi connectivity index (χ3n) is 4.61. The van der Waals surface area contributed by atoms with E-state index in [2.05, 4.69) is 16.0 Å². The number of amides is 5. The summed E-state index contributed by atoms with van der Waals surface area (Å²) >= 11 is 1.48. The average molecular weight is 506 g/mol. The Hall–Kier alpha value is -2.91. The molecule has 15 heteroatoms. The Morgan fingerprint density at radius 2 is 1.29 bits per heavy atom. The van der Waals surface area contributed by atoms with Crippen LogP contribution in [-0.2, 0) is 28.8 Å². The number of nitrogens with two attached hydrogens (primary N) is 4. The van der Waals surface area contributed by atoms with E-state index < -0.39 is 72.5 Å². The zero-order chi connectivity index (χ0) is 26.3. The molecule has 34 heavy (non-hydrogen) atoms. The number of carbonyl (C=O) groups excluding carboxylic acids is 5. The van der Waals surface area contributed by atoms with Gasteiger partial charge in [-0.15, -0.1) is 0 Å². The smallest absolute Gasteiger partial charge is 0.326 e. The molecule has 0 saturated heterocycles. The molecule has 0 aliphatic heterocycles. The summed E-state index contributed by atoms with van der Waals surface area (Å²) in [4.78, 5) is 71.7. The van der Waals surface area contributed by atoms with Crippen LogP contribution in [0.25, 0.3) is 0 Å². The van der Waals surface area contributed by atoms with E-state index in [4.69, 9.17) is 22.9 Å². The van der Waals surface area contributed by atoms with Crippen LogP contribution in [0.3, 0.4) is 0 Å². The second kappa shape index (κ2) is 16.7. The first kappa shape index (κ1) is 31.1. The summed E-state index contributed by atoms with van der Waals surface area (Å²) in [5, 5.41) is 16.1. The zero-order valence-electron chi connectivity index (χ0n) is 19.1. The van der Waals surface area contributed by atoms with Crippen molar-refractivity contribution in [2.75, 3.05) is 18.6 Å². The van der Waals surface area contributed by atoms with Crippen molar-refractivity contribution in [1.29, 1.82) is 0 Å². The number of aliphatic carboxylic acids is 1. The number of carboxylic acids is 1. The maximum atomic E-state index is 12.8. The summed E-state index contributed by atoms with van der Waals surface area (Å²) in [5.41, 5.74) is 21.5. The van der Waals surface area contributed by atoms with Crippen LogP contribution in [-0.4, -0.2) is 83.3 Å². The number of hydrogen-bond acceptors (Lipinski definition) is 9. The predicted molar refractivity (Wildman–Crippen MR) is 125 cm³/mol. The lowest BCUT2D eigenvalue weighted by molar-refractivity contribution is -0.144. The van der Waals surface area contributed by atoms with Crippen LogP contribution in [0.15, 0.2) is 0 Å². The molecule has 0 aromatic heterocycles. The van der Waals surface area contributed by atoms with Crippen LogP contribution in [0.2, 0.25) is 0 Å². The lowest BCUT2D eigenvalue weighted by atomic mass is 10.1. The molecule has 0 aliphatic carbocycles. The van der Waals surface area contributed by atoms with Gasteiger partial charge in [-0.2, -0.15) is 11.8 Å². The highest BCUT2D eigenvalue weighted by atomic mass is 32.2. The molecular weight excluding hydrogens is 470 g/mol. The zero-order valence-corrected chi connectivity index (χ0v) is 19.9. The lowest BCUT2D eigenvalue weighted by Gasteiger charge is -2.24. The molecule has 0 saturated carbocycles. The summed E-state index contributed by atoms with van der Waals surface area (Å²) in [7, 11) is 0. The molecule has 0 fully saturated rings. The molecule has 5 amide bonds. The molecule has 4 atom stereocenters. The minimum absolute atomic E-state index is 0.0716. The van der Waals surface area contributed by atoms with Crippen molar-refractivity contribution >= 4 is 47.3 Å². The van der Waals surface area contributed by atoms with Crippen molar-refractivity contribution in [3.8, 4) is 0 Å². The first-order chi connectivity index (χ1) is 15.9. The maximum Gasteiger partial charge on any atom is 0.326 e. The molecular formula is C19H35N7O7S. The number of unbranched alkanes of at least 4 members (excludes halogenated alkanes) is 1. The molecule has 0 heterocycles. The normalized spacial score (nSPS) is 14.2. The highest BCUT2D eigenvalue weighted by Crippen LogP contribution is 2.05. The van der Waals surface area contributed by atoms with Crippen molar-refractivity contribution in [1.82, 2.24) is 16.0 Å². The largest absolute Gasteiger partial charge is 0.480 e. The fourth-order valence-corrected chi connectivity index (χ4v) is 3.26. The van der Waals surface area contributed by atoms with Crippen LogP contribution in [0.1, 0.15) is 38.5 Å². The molecule has 0 aliphatic rings. The van der Waals surface area contributed by atoms with Crippen molar-refractivity contribution in [2.24, 2.45) is 22.9 Å². The van der Waals surface area contributed by atoms with Gasteiger partial charge in [0, 0.05) is 0 Å². The molecule has 0 aromatic carbocycles. The van der Waals surface area contributed by atoms with E-state index in [9.17, 15) is 33.9 Å². The highest BCUT2D eigenvalue weighted by Gasteiger charge is 2.31. The SMILES string of the molecule is CSCCC(N)C(=O)NC(CC(N)=O)C(=O)NC(CCCCN)C(=O)NC(CC(N)=O)C(=O)O. The Kier molecular flexibility index (Phi) is 15.2. The van der Waals surface area contributed by atoms with Gasteiger partial charge in [-0.1, -0.05) is 0 Å². The van der Waals surface area contributed by atoms with Gasteiger partial charge in [0.2, 0.25) is 29.5 Å². The van der Waals surface area contributed by atoms with Gasteiger partial charge in [-0.05, 0) is 44.2 Å². The Bertz CT molecular complexity index is 738. The van der Waals surface area contributed by atoms with Gasteiger partial charge < -0.3 is 44.0 Å². The number of thioether (sulfide) groups is 1. The van der Waals surface area contributed by atoms with Crippen LogP contribution in [0.4, 0.5) is 0 Å². The van der Waals surface area contributed by atoms with Gasteiger partial charge in [0.25, 0.3) is 0 Å². The van der Waals surface area contributed by atoms with Gasteiger partial charge >= 0.3 is 5.97 Å². The highest BCUT2D eigenvalue weighted by molar-refractivity contribution is 7.98. The van der Waals surface area contributed by atoms with Gasteiger partial charge in [0.05, 0.1) is 18.9 Å². The summed E-state index contributed by atoms with van der Waals surface area (Å²) < 4.78 is 0. The van der Waals surface area contributed by atoms with Gasteiger partial charge in [-0.25, -0.2) is 4.79 Å². The number of carboxylic acid groups (broad SMARTS) is 1. The molecule has 0 bridgehead atoms. The second-order valence-electron chi connectivity index (χ2n) is 7.54. The third kappa shape index (κ3) is 13.0. The van der Waals surface area contributed by atoms with E-state index in [1.165, 1.54) is 11.8 Å². The van der Waals surface area contributed by atoms with Crippen molar-refractivity contribution < 1.29 is 33.9 Å². The number of carbonyl (C=O) groups is 6. The Morgan fingerprint density at radius 1 is 0.794 bits per heavy atom. The topological polar surface area (TPSA) is 263 Å². The molecule has 194 valence electrons. The summed E-state index contributed by atoms with van der Waals surface area (Å²) in [6.45, 7) is 0.315. The Labute approximate surface area is 201 Å². The number of primary amides is 2. The van der Waals surface area contributed by atoms with Gasteiger partial charge in [-0.3, -0.25) is 24.0 Å². The quantitative estimate of drug-likeness (QED) is 0.0851.